The Hall–Kier alpha value is -1.88. The van der Waals surface area contributed by atoms with Crippen LogP contribution in [0.15, 0.2) is 30.6 Å². The van der Waals surface area contributed by atoms with Crippen LogP contribution < -0.4 is 11.1 Å². The van der Waals surface area contributed by atoms with Gasteiger partial charge in [-0.3, -0.25) is 0 Å². The SMILES string of the molecule is CC(Cc1ccc(F)cc1)Nc1ncnc(Cl)c1N. The minimum absolute atomic E-state index is 0.0822. The molecule has 0 spiro atoms. The highest BCUT2D eigenvalue weighted by molar-refractivity contribution is 6.32. The molecular weight excluding hydrogens is 267 g/mol. The number of nitrogen functional groups attached to an aromatic ring is 1. The Morgan fingerprint density at radius 2 is 2.00 bits per heavy atom. The van der Waals surface area contributed by atoms with Crippen LogP contribution >= 0.6 is 11.6 Å². The van der Waals surface area contributed by atoms with Gasteiger partial charge in [-0.25, -0.2) is 14.4 Å². The van der Waals surface area contributed by atoms with Crippen LogP contribution in [0.1, 0.15) is 12.5 Å². The predicted molar refractivity (Wildman–Crippen MR) is 74.6 cm³/mol. The van der Waals surface area contributed by atoms with Gasteiger partial charge in [-0.2, -0.15) is 0 Å². The molecule has 0 fully saturated rings. The zero-order valence-corrected chi connectivity index (χ0v) is 11.2. The lowest BCUT2D eigenvalue weighted by Gasteiger charge is -2.16. The summed E-state index contributed by atoms with van der Waals surface area (Å²) in [4.78, 5) is 7.83. The zero-order valence-electron chi connectivity index (χ0n) is 10.4. The van der Waals surface area contributed by atoms with Crippen LogP contribution in [0.2, 0.25) is 5.15 Å². The van der Waals surface area contributed by atoms with E-state index in [2.05, 4.69) is 15.3 Å². The van der Waals surface area contributed by atoms with E-state index in [1.165, 1.54) is 18.5 Å². The van der Waals surface area contributed by atoms with Crippen molar-refractivity contribution in [1.29, 1.82) is 0 Å². The fraction of sp³-hybridized carbons (Fsp3) is 0.231. The van der Waals surface area contributed by atoms with Gasteiger partial charge in [0.1, 0.15) is 17.8 Å². The molecule has 0 aliphatic rings. The summed E-state index contributed by atoms with van der Waals surface area (Å²) in [6, 6.07) is 6.47. The minimum Gasteiger partial charge on any atom is -0.393 e. The van der Waals surface area contributed by atoms with Crippen LogP contribution in [0.5, 0.6) is 0 Å². The highest BCUT2D eigenvalue weighted by atomic mass is 35.5. The number of nitrogens with two attached hydrogens (primary N) is 1. The third-order valence-corrected chi connectivity index (χ3v) is 2.97. The van der Waals surface area contributed by atoms with Crippen LogP contribution in [-0.2, 0) is 6.42 Å². The van der Waals surface area contributed by atoms with E-state index < -0.39 is 0 Å². The van der Waals surface area contributed by atoms with E-state index in [-0.39, 0.29) is 17.0 Å². The van der Waals surface area contributed by atoms with Gasteiger partial charge >= 0.3 is 0 Å². The molecule has 1 unspecified atom stereocenters. The molecule has 2 rings (SSSR count). The number of hydrogen-bond acceptors (Lipinski definition) is 4. The van der Waals surface area contributed by atoms with Crippen molar-refractivity contribution in [3.8, 4) is 0 Å². The largest absolute Gasteiger partial charge is 0.393 e. The van der Waals surface area contributed by atoms with Crippen molar-refractivity contribution in [1.82, 2.24) is 9.97 Å². The van der Waals surface area contributed by atoms with E-state index in [1.807, 2.05) is 6.92 Å². The summed E-state index contributed by atoms with van der Waals surface area (Å²) in [5.74, 6) is 0.269. The zero-order chi connectivity index (χ0) is 13.8. The van der Waals surface area contributed by atoms with Crippen molar-refractivity contribution in [2.75, 3.05) is 11.1 Å². The normalized spacial score (nSPS) is 12.2. The molecule has 1 heterocycles. The number of nitrogens with one attached hydrogen (secondary N) is 1. The lowest BCUT2D eigenvalue weighted by atomic mass is 10.1. The number of benzene rings is 1. The number of halogens is 2. The summed E-state index contributed by atoms with van der Waals surface area (Å²) < 4.78 is 12.8. The second kappa shape index (κ2) is 5.84. The van der Waals surface area contributed by atoms with Crippen molar-refractivity contribution in [2.24, 2.45) is 0 Å². The molecule has 1 aromatic carbocycles. The molecule has 19 heavy (non-hydrogen) atoms. The van der Waals surface area contributed by atoms with Gasteiger partial charge in [0.15, 0.2) is 11.0 Å². The first-order chi connectivity index (χ1) is 9.06. The topological polar surface area (TPSA) is 63.8 Å². The maximum atomic E-state index is 12.8. The van der Waals surface area contributed by atoms with Crippen LogP contribution in [0.3, 0.4) is 0 Å². The summed E-state index contributed by atoms with van der Waals surface area (Å²) in [5.41, 5.74) is 7.13. The summed E-state index contributed by atoms with van der Waals surface area (Å²) in [5, 5.41) is 3.39. The van der Waals surface area contributed by atoms with E-state index in [0.29, 0.717) is 11.5 Å². The molecule has 0 aliphatic carbocycles. The number of hydrogen-bond donors (Lipinski definition) is 2. The molecule has 1 atom stereocenters. The first-order valence-electron chi connectivity index (χ1n) is 5.83. The Morgan fingerprint density at radius 1 is 1.32 bits per heavy atom. The molecule has 100 valence electrons. The van der Waals surface area contributed by atoms with Crippen molar-refractivity contribution < 1.29 is 4.39 Å². The Labute approximate surface area is 115 Å². The average molecular weight is 281 g/mol. The summed E-state index contributed by atoms with van der Waals surface area (Å²) in [7, 11) is 0. The van der Waals surface area contributed by atoms with E-state index in [9.17, 15) is 4.39 Å². The third kappa shape index (κ3) is 3.54. The quantitative estimate of drug-likeness (QED) is 0.845. The van der Waals surface area contributed by atoms with Crippen molar-refractivity contribution in [3.05, 3.63) is 47.1 Å². The van der Waals surface area contributed by atoms with Gasteiger partial charge in [0, 0.05) is 6.04 Å². The first kappa shape index (κ1) is 13.5. The summed E-state index contributed by atoms with van der Waals surface area (Å²) >= 11 is 5.82. The molecule has 0 saturated carbocycles. The lowest BCUT2D eigenvalue weighted by Crippen LogP contribution is -2.20. The third-order valence-electron chi connectivity index (χ3n) is 2.67. The molecule has 0 radical (unpaired) electrons. The van der Waals surface area contributed by atoms with Crippen LogP contribution in [0, 0.1) is 5.82 Å². The van der Waals surface area contributed by atoms with Crippen molar-refractivity contribution in [3.63, 3.8) is 0 Å². The fourth-order valence-corrected chi connectivity index (χ4v) is 1.88. The molecular formula is C13H14ClFN4. The lowest BCUT2D eigenvalue weighted by molar-refractivity contribution is 0.626. The van der Waals surface area contributed by atoms with Crippen molar-refractivity contribution >= 4 is 23.1 Å². The Morgan fingerprint density at radius 3 is 2.68 bits per heavy atom. The predicted octanol–water partition coefficient (Wildman–Crippen LogP) is 2.89. The van der Waals surface area contributed by atoms with Gasteiger partial charge in [0.05, 0.1) is 0 Å². The Balaban J connectivity index is 2.03. The Bertz CT molecular complexity index is 559. The van der Waals surface area contributed by atoms with Gasteiger partial charge < -0.3 is 11.1 Å². The van der Waals surface area contributed by atoms with E-state index in [0.717, 1.165) is 12.0 Å². The van der Waals surface area contributed by atoms with E-state index in [1.54, 1.807) is 12.1 Å². The monoisotopic (exact) mass is 280 g/mol. The Kier molecular flexibility index (Phi) is 4.16. The van der Waals surface area contributed by atoms with Gasteiger partial charge in [-0.1, -0.05) is 23.7 Å². The highest BCUT2D eigenvalue weighted by Crippen LogP contribution is 2.22. The molecule has 4 nitrogen and oxygen atoms in total. The van der Waals surface area contributed by atoms with Gasteiger partial charge in [0.2, 0.25) is 0 Å². The van der Waals surface area contributed by atoms with Crippen molar-refractivity contribution in [2.45, 2.75) is 19.4 Å². The number of nitrogens with zero attached hydrogens (tertiary/aromatic N) is 2. The van der Waals surface area contributed by atoms with E-state index in [4.69, 9.17) is 17.3 Å². The number of rotatable bonds is 4. The number of anilines is 2. The molecule has 0 bridgehead atoms. The van der Waals surface area contributed by atoms with Gasteiger partial charge in [0.25, 0.3) is 0 Å². The van der Waals surface area contributed by atoms with Gasteiger partial charge in [-0.05, 0) is 31.0 Å². The van der Waals surface area contributed by atoms with Crippen LogP contribution in [0.4, 0.5) is 15.9 Å². The molecule has 2 aromatic rings. The standard InChI is InChI=1S/C13H14ClFN4/c1-8(6-9-2-4-10(15)5-3-9)19-13-11(16)12(14)17-7-18-13/h2-5,7-8H,6,16H2,1H3,(H,17,18,19). The fourth-order valence-electron chi connectivity index (χ4n) is 1.75. The minimum atomic E-state index is -0.240. The maximum Gasteiger partial charge on any atom is 0.157 e. The average Bonchev–Trinajstić information content (AvgIpc) is 2.38. The van der Waals surface area contributed by atoms with Crippen LogP contribution in [0.25, 0.3) is 0 Å². The smallest absolute Gasteiger partial charge is 0.157 e. The second-order valence-corrected chi connectivity index (χ2v) is 4.66. The number of aromatic nitrogens is 2. The maximum absolute atomic E-state index is 12.8. The molecule has 0 saturated heterocycles. The summed E-state index contributed by atoms with van der Waals surface area (Å²) in [6.45, 7) is 1.98. The molecule has 3 N–H and O–H groups in total. The second-order valence-electron chi connectivity index (χ2n) is 4.30. The van der Waals surface area contributed by atoms with Gasteiger partial charge in [-0.15, -0.1) is 0 Å². The molecule has 0 amide bonds. The molecule has 6 heteroatoms. The van der Waals surface area contributed by atoms with Crippen LogP contribution in [-0.4, -0.2) is 16.0 Å². The highest BCUT2D eigenvalue weighted by Gasteiger charge is 2.09. The molecule has 0 aliphatic heterocycles. The summed E-state index contributed by atoms with van der Waals surface area (Å²) in [6.07, 6.45) is 2.08. The van der Waals surface area contributed by atoms with E-state index >= 15 is 0 Å². The first-order valence-corrected chi connectivity index (χ1v) is 6.21. The molecule has 1 aromatic heterocycles.